The third-order valence-corrected chi connectivity index (χ3v) is 5.03. The van der Waals surface area contributed by atoms with Crippen molar-refractivity contribution >= 4 is 12.0 Å². The van der Waals surface area contributed by atoms with Crippen LogP contribution in [-0.2, 0) is 4.79 Å². The predicted octanol–water partition coefficient (Wildman–Crippen LogP) is 2.51. The molecular formula is C15H26N2O3. The van der Waals surface area contributed by atoms with Gasteiger partial charge in [-0.1, -0.05) is 32.6 Å². The van der Waals surface area contributed by atoms with Gasteiger partial charge in [-0.05, 0) is 31.6 Å². The molecule has 0 spiro atoms. The number of carboxylic acids is 1. The van der Waals surface area contributed by atoms with E-state index in [1.807, 2.05) is 0 Å². The molecule has 0 saturated heterocycles. The van der Waals surface area contributed by atoms with Crippen molar-refractivity contribution in [3.8, 4) is 0 Å². The molecule has 2 amide bonds. The molecule has 20 heavy (non-hydrogen) atoms. The van der Waals surface area contributed by atoms with Crippen LogP contribution in [0.3, 0.4) is 0 Å². The van der Waals surface area contributed by atoms with E-state index in [1.165, 1.54) is 12.8 Å². The Hall–Kier alpha value is -1.26. The molecule has 2 rings (SSSR count). The highest BCUT2D eigenvalue weighted by molar-refractivity contribution is 5.79. The van der Waals surface area contributed by atoms with Gasteiger partial charge in [-0.25, -0.2) is 4.79 Å². The number of hydrogen-bond donors (Lipinski definition) is 3. The molecule has 0 bridgehead atoms. The summed E-state index contributed by atoms with van der Waals surface area (Å²) in [7, 11) is 0. The molecule has 3 N–H and O–H groups in total. The van der Waals surface area contributed by atoms with Gasteiger partial charge in [-0.2, -0.15) is 0 Å². The summed E-state index contributed by atoms with van der Waals surface area (Å²) in [6, 6.07) is 0.0101. The van der Waals surface area contributed by atoms with Gasteiger partial charge in [0.05, 0.1) is 5.41 Å². The van der Waals surface area contributed by atoms with Gasteiger partial charge in [0.1, 0.15) is 0 Å². The summed E-state index contributed by atoms with van der Waals surface area (Å²) >= 11 is 0. The van der Waals surface area contributed by atoms with E-state index in [2.05, 4.69) is 17.6 Å². The maximum atomic E-state index is 12.0. The van der Waals surface area contributed by atoms with Gasteiger partial charge in [-0.15, -0.1) is 0 Å². The number of rotatable bonds is 4. The van der Waals surface area contributed by atoms with Crippen molar-refractivity contribution in [1.82, 2.24) is 10.6 Å². The quantitative estimate of drug-likeness (QED) is 0.693. The van der Waals surface area contributed by atoms with Crippen LogP contribution in [0.15, 0.2) is 0 Å². The van der Waals surface area contributed by atoms with E-state index in [1.54, 1.807) is 0 Å². The third-order valence-electron chi connectivity index (χ3n) is 5.03. The molecular weight excluding hydrogens is 256 g/mol. The molecule has 2 fully saturated rings. The summed E-state index contributed by atoms with van der Waals surface area (Å²) in [5.41, 5.74) is -0.716. The van der Waals surface area contributed by atoms with Crippen molar-refractivity contribution in [3.05, 3.63) is 0 Å². The maximum Gasteiger partial charge on any atom is 0.315 e. The van der Waals surface area contributed by atoms with Crippen molar-refractivity contribution in [2.24, 2.45) is 11.3 Å². The average Bonchev–Trinajstić information content (AvgIpc) is 2.53. The molecule has 2 atom stereocenters. The van der Waals surface area contributed by atoms with Gasteiger partial charge in [0.15, 0.2) is 0 Å². The first-order chi connectivity index (χ1) is 9.53. The van der Waals surface area contributed by atoms with E-state index in [9.17, 15) is 14.7 Å². The molecule has 0 heterocycles. The van der Waals surface area contributed by atoms with E-state index >= 15 is 0 Å². The maximum absolute atomic E-state index is 12.0. The largest absolute Gasteiger partial charge is 0.481 e. The van der Waals surface area contributed by atoms with Crippen molar-refractivity contribution in [1.29, 1.82) is 0 Å². The summed E-state index contributed by atoms with van der Waals surface area (Å²) in [6.45, 7) is 2.43. The summed E-state index contributed by atoms with van der Waals surface area (Å²) in [6.07, 6.45) is 8.10. The number of carbonyl (C=O) groups is 2. The minimum Gasteiger partial charge on any atom is -0.481 e. The Balaban J connectivity index is 1.78. The van der Waals surface area contributed by atoms with E-state index in [4.69, 9.17) is 0 Å². The van der Waals surface area contributed by atoms with Gasteiger partial charge in [0.2, 0.25) is 0 Å². The highest BCUT2D eigenvalue weighted by atomic mass is 16.4. The lowest BCUT2D eigenvalue weighted by Crippen LogP contribution is -2.52. The summed E-state index contributed by atoms with van der Waals surface area (Å²) < 4.78 is 0. The standard InChI is InChI=1S/C15H26N2O3/c1-11-6-3-2-4-7-12(11)17-14(20)16-10-15(13(18)19)8-5-9-15/h11-12H,2-10H2,1H3,(H,18,19)(H2,16,17,20). The molecule has 5 heteroatoms. The second-order valence-corrected chi connectivity index (χ2v) is 6.49. The SMILES string of the molecule is CC1CCCCCC1NC(=O)NCC1(C(=O)O)CCC1. The lowest BCUT2D eigenvalue weighted by molar-refractivity contribution is -0.153. The fraction of sp³-hybridized carbons (Fsp3) is 0.867. The van der Waals surface area contributed by atoms with Crippen LogP contribution in [0.5, 0.6) is 0 Å². The Morgan fingerprint density at radius 3 is 2.45 bits per heavy atom. The van der Waals surface area contributed by atoms with Crippen LogP contribution in [-0.4, -0.2) is 29.7 Å². The predicted molar refractivity (Wildman–Crippen MR) is 76.5 cm³/mol. The first-order valence-corrected chi connectivity index (χ1v) is 7.81. The number of urea groups is 1. The molecule has 0 aromatic heterocycles. The molecule has 114 valence electrons. The van der Waals surface area contributed by atoms with Crippen molar-refractivity contribution < 1.29 is 14.7 Å². The van der Waals surface area contributed by atoms with Crippen molar-refractivity contribution in [2.75, 3.05) is 6.54 Å². The molecule has 0 aliphatic heterocycles. The van der Waals surface area contributed by atoms with Crippen LogP contribution >= 0.6 is 0 Å². The second kappa shape index (κ2) is 6.46. The summed E-state index contributed by atoms with van der Waals surface area (Å²) in [5.74, 6) is -0.285. The van der Waals surface area contributed by atoms with Gasteiger partial charge >= 0.3 is 12.0 Å². The third kappa shape index (κ3) is 3.44. The molecule has 2 aliphatic rings. The topological polar surface area (TPSA) is 78.4 Å². The fourth-order valence-electron chi connectivity index (χ4n) is 3.25. The number of carbonyl (C=O) groups excluding carboxylic acids is 1. The molecule has 2 saturated carbocycles. The van der Waals surface area contributed by atoms with Crippen LogP contribution in [0.25, 0.3) is 0 Å². The first-order valence-electron chi connectivity index (χ1n) is 7.81. The van der Waals surface area contributed by atoms with E-state index in [0.29, 0.717) is 18.8 Å². The molecule has 0 aromatic carbocycles. The lowest BCUT2D eigenvalue weighted by Gasteiger charge is -2.37. The van der Waals surface area contributed by atoms with Crippen molar-refractivity contribution in [3.63, 3.8) is 0 Å². The summed E-state index contributed by atoms with van der Waals surface area (Å²) in [5, 5.41) is 15.0. The molecule has 2 aliphatic carbocycles. The Bertz CT molecular complexity index is 366. The Labute approximate surface area is 120 Å². The van der Waals surface area contributed by atoms with Crippen molar-refractivity contribution in [2.45, 2.75) is 64.3 Å². The zero-order valence-electron chi connectivity index (χ0n) is 12.3. The molecule has 0 aromatic rings. The first kappa shape index (κ1) is 15.1. The van der Waals surface area contributed by atoms with Crippen LogP contribution in [0, 0.1) is 11.3 Å². The lowest BCUT2D eigenvalue weighted by atomic mass is 9.69. The van der Waals surface area contributed by atoms with Gasteiger partial charge < -0.3 is 15.7 Å². The smallest absolute Gasteiger partial charge is 0.315 e. The monoisotopic (exact) mass is 282 g/mol. The highest BCUT2D eigenvalue weighted by Gasteiger charge is 2.44. The Kier molecular flexibility index (Phi) is 4.89. The van der Waals surface area contributed by atoms with Crippen LogP contribution in [0.4, 0.5) is 4.79 Å². The van der Waals surface area contributed by atoms with Gasteiger partial charge in [0, 0.05) is 12.6 Å². The van der Waals surface area contributed by atoms with E-state index in [0.717, 1.165) is 25.7 Å². The van der Waals surface area contributed by atoms with E-state index in [-0.39, 0.29) is 18.6 Å². The molecule has 2 unspecified atom stereocenters. The van der Waals surface area contributed by atoms with Gasteiger partial charge in [0.25, 0.3) is 0 Å². The number of amides is 2. The van der Waals surface area contributed by atoms with Gasteiger partial charge in [-0.3, -0.25) is 4.79 Å². The zero-order valence-corrected chi connectivity index (χ0v) is 12.3. The Morgan fingerprint density at radius 1 is 1.15 bits per heavy atom. The minimum absolute atomic E-state index is 0.212. The Morgan fingerprint density at radius 2 is 1.85 bits per heavy atom. The number of nitrogens with one attached hydrogen (secondary N) is 2. The highest BCUT2D eigenvalue weighted by Crippen LogP contribution is 2.40. The average molecular weight is 282 g/mol. The normalized spacial score (nSPS) is 28.9. The van der Waals surface area contributed by atoms with E-state index < -0.39 is 11.4 Å². The zero-order chi connectivity index (χ0) is 14.6. The second-order valence-electron chi connectivity index (χ2n) is 6.49. The number of aliphatic carboxylic acids is 1. The van der Waals surface area contributed by atoms with Crippen LogP contribution < -0.4 is 10.6 Å². The number of hydrogen-bond acceptors (Lipinski definition) is 2. The van der Waals surface area contributed by atoms with Crippen LogP contribution in [0.2, 0.25) is 0 Å². The number of carboxylic acid groups (broad SMARTS) is 1. The molecule has 5 nitrogen and oxygen atoms in total. The fourth-order valence-corrected chi connectivity index (χ4v) is 3.25. The van der Waals surface area contributed by atoms with Crippen LogP contribution in [0.1, 0.15) is 58.3 Å². The summed E-state index contributed by atoms with van der Waals surface area (Å²) in [4.78, 5) is 23.2. The minimum atomic E-state index is -0.785. The molecule has 0 radical (unpaired) electrons.